The van der Waals surface area contributed by atoms with E-state index in [1.807, 2.05) is 25.1 Å². The number of pyridine rings is 1. The molecule has 22 heavy (non-hydrogen) atoms. The molecule has 0 unspecified atom stereocenters. The van der Waals surface area contributed by atoms with Crippen LogP contribution in [0.25, 0.3) is 22.0 Å². The molecule has 3 rings (SSSR count). The van der Waals surface area contributed by atoms with Crippen molar-refractivity contribution in [1.82, 2.24) is 4.98 Å². The maximum Gasteiger partial charge on any atom is 0.124 e. The molecule has 112 valence electrons. The Balaban J connectivity index is 2.14. The van der Waals surface area contributed by atoms with E-state index in [4.69, 9.17) is 16.2 Å². The number of hydrogen-bond acceptors (Lipinski definition) is 4. The van der Waals surface area contributed by atoms with Gasteiger partial charge in [0.1, 0.15) is 11.6 Å². The van der Waals surface area contributed by atoms with E-state index < -0.39 is 0 Å². The number of hydrogen-bond donors (Lipinski definition) is 2. The highest BCUT2D eigenvalue weighted by atomic mass is 16.5. The molecule has 1 aromatic heterocycles. The van der Waals surface area contributed by atoms with Crippen LogP contribution in [0.1, 0.15) is 11.1 Å². The van der Waals surface area contributed by atoms with E-state index in [1.54, 1.807) is 7.11 Å². The van der Waals surface area contributed by atoms with Crippen molar-refractivity contribution in [2.45, 2.75) is 13.5 Å². The largest absolute Gasteiger partial charge is 0.496 e. The summed E-state index contributed by atoms with van der Waals surface area (Å²) >= 11 is 0. The van der Waals surface area contributed by atoms with Crippen LogP contribution in [0.15, 0.2) is 42.5 Å². The number of nitrogens with two attached hydrogens (primary N) is 2. The first-order valence-corrected chi connectivity index (χ1v) is 7.16. The zero-order valence-corrected chi connectivity index (χ0v) is 12.8. The molecular weight excluding hydrogens is 274 g/mol. The number of nitrogen functional groups attached to an aromatic ring is 1. The van der Waals surface area contributed by atoms with Crippen LogP contribution in [0.4, 0.5) is 5.82 Å². The predicted octanol–water partition coefficient (Wildman–Crippen LogP) is 3.26. The average Bonchev–Trinajstić information content (AvgIpc) is 2.53. The van der Waals surface area contributed by atoms with Gasteiger partial charge in [0.2, 0.25) is 0 Å². The van der Waals surface area contributed by atoms with E-state index in [1.165, 1.54) is 0 Å². The van der Waals surface area contributed by atoms with Crippen LogP contribution < -0.4 is 16.2 Å². The van der Waals surface area contributed by atoms with Gasteiger partial charge in [-0.15, -0.1) is 0 Å². The molecule has 1 heterocycles. The van der Waals surface area contributed by atoms with E-state index in [9.17, 15) is 0 Å². The van der Waals surface area contributed by atoms with Crippen molar-refractivity contribution < 1.29 is 4.74 Å². The smallest absolute Gasteiger partial charge is 0.124 e. The summed E-state index contributed by atoms with van der Waals surface area (Å²) in [6, 6.07) is 14.1. The van der Waals surface area contributed by atoms with Gasteiger partial charge in [-0.25, -0.2) is 4.98 Å². The summed E-state index contributed by atoms with van der Waals surface area (Å²) in [5, 5.41) is 1.12. The monoisotopic (exact) mass is 293 g/mol. The number of anilines is 1. The van der Waals surface area contributed by atoms with E-state index in [-0.39, 0.29) is 0 Å². The Morgan fingerprint density at radius 2 is 1.77 bits per heavy atom. The van der Waals surface area contributed by atoms with Crippen molar-refractivity contribution in [3.8, 4) is 16.9 Å². The molecule has 0 atom stereocenters. The van der Waals surface area contributed by atoms with E-state index in [2.05, 4.69) is 29.2 Å². The summed E-state index contributed by atoms with van der Waals surface area (Å²) in [5.41, 5.74) is 16.8. The van der Waals surface area contributed by atoms with Crippen molar-refractivity contribution in [1.29, 1.82) is 0 Å². The van der Waals surface area contributed by atoms with Crippen molar-refractivity contribution in [2.75, 3.05) is 12.8 Å². The molecular formula is C18H19N3O. The molecule has 0 bridgehead atoms. The maximum atomic E-state index is 5.85. The van der Waals surface area contributed by atoms with Crippen LogP contribution in [-0.4, -0.2) is 12.1 Å². The first kappa shape index (κ1) is 14.4. The molecule has 0 amide bonds. The Bertz CT molecular complexity index is 843. The Kier molecular flexibility index (Phi) is 3.69. The van der Waals surface area contributed by atoms with Crippen molar-refractivity contribution >= 4 is 16.7 Å². The van der Waals surface area contributed by atoms with Crippen LogP contribution in [0.3, 0.4) is 0 Å². The molecule has 4 nitrogen and oxygen atoms in total. The number of ether oxygens (including phenoxy) is 1. The lowest BCUT2D eigenvalue weighted by Gasteiger charge is -2.11. The second-order valence-electron chi connectivity index (χ2n) is 5.33. The third-order valence-corrected chi connectivity index (χ3v) is 3.87. The minimum absolute atomic E-state index is 0.439. The lowest BCUT2D eigenvalue weighted by molar-refractivity contribution is 0.410. The average molecular weight is 293 g/mol. The zero-order valence-electron chi connectivity index (χ0n) is 12.8. The van der Waals surface area contributed by atoms with Gasteiger partial charge in [-0.3, -0.25) is 0 Å². The van der Waals surface area contributed by atoms with Gasteiger partial charge in [0, 0.05) is 17.5 Å². The molecule has 0 saturated heterocycles. The number of nitrogens with zero attached hydrogens (tertiary/aromatic N) is 1. The normalized spacial score (nSPS) is 10.9. The third-order valence-electron chi connectivity index (χ3n) is 3.87. The summed E-state index contributed by atoms with van der Waals surface area (Å²) in [4.78, 5) is 4.43. The summed E-state index contributed by atoms with van der Waals surface area (Å²) in [6.07, 6.45) is 0. The lowest BCUT2D eigenvalue weighted by Crippen LogP contribution is -2.00. The first-order chi connectivity index (χ1) is 10.6. The first-order valence-electron chi connectivity index (χ1n) is 7.16. The van der Waals surface area contributed by atoms with Gasteiger partial charge in [-0.05, 0) is 47.9 Å². The zero-order chi connectivity index (χ0) is 15.7. The Morgan fingerprint density at radius 3 is 2.50 bits per heavy atom. The van der Waals surface area contributed by atoms with Gasteiger partial charge in [-0.1, -0.05) is 18.2 Å². The quantitative estimate of drug-likeness (QED) is 0.777. The minimum Gasteiger partial charge on any atom is -0.496 e. The number of benzene rings is 2. The third kappa shape index (κ3) is 2.49. The number of aryl methyl sites for hydroxylation is 1. The van der Waals surface area contributed by atoms with Crippen LogP contribution in [0.5, 0.6) is 5.75 Å². The van der Waals surface area contributed by atoms with E-state index >= 15 is 0 Å². The van der Waals surface area contributed by atoms with Gasteiger partial charge in [0.15, 0.2) is 0 Å². The van der Waals surface area contributed by atoms with Crippen LogP contribution in [-0.2, 0) is 6.54 Å². The molecule has 0 aliphatic heterocycles. The fourth-order valence-electron chi connectivity index (χ4n) is 2.73. The standard InChI is InChI=1S/C18H19N3O/c1-11-7-18(20)21-16-9-13(3-5-15(11)16)12-4-6-17(22-2)14(8-12)10-19/h3-9H,10,19H2,1-2H3,(H2,20,21). The molecule has 0 fully saturated rings. The fourth-order valence-corrected chi connectivity index (χ4v) is 2.73. The molecule has 4 N–H and O–H groups in total. The highest BCUT2D eigenvalue weighted by Gasteiger charge is 2.07. The summed E-state index contributed by atoms with van der Waals surface area (Å²) < 4.78 is 5.32. The fraction of sp³-hybridized carbons (Fsp3) is 0.167. The summed E-state index contributed by atoms with van der Waals surface area (Å²) in [6.45, 7) is 2.48. The molecule has 4 heteroatoms. The molecule has 3 aromatic rings. The highest BCUT2D eigenvalue weighted by molar-refractivity contribution is 5.88. The van der Waals surface area contributed by atoms with Gasteiger partial charge >= 0.3 is 0 Å². The van der Waals surface area contributed by atoms with Crippen LogP contribution >= 0.6 is 0 Å². The SMILES string of the molecule is COc1ccc(-c2ccc3c(C)cc(N)nc3c2)cc1CN. The Labute approximate surface area is 129 Å². The Hall–Kier alpha value is -2.59. The second kappa shape index (κ2) is 5.66. The number of rotatable bonds is 3. The Morgan fingerprint density at radius 1 is 1.05 bits per heavy atom. The van der Waals surface area contributed by atoms with Crippen molar-refractivity contribution in [3.63, 3.8) is 0 Å². The van der Waals surface area contributed by atoms with Crippen LogP contribution in [0, 0.1) is 6.92 Å². The summed E-state index contributed by atoms with van der Waals surface area (Å²) in [7, 11) is 1.65. The van der Waals surface area contributed by atoms with Crippen molar-refractivity contribution in [3.05, 3.63) is 53.6 Å². The van der Waals surface area contributed by atoms with Gasteiger partial charge in [-0.2, -0.15) is 0 Å². The molecule has 0 aliphatic rings. The number of methoxy groups -OCH3 is 1. The number of aromatic nitrogens is 1. The molecule has 0 saturated carbocycles. The van der Waals surface area contributed by atoms with E-state index in [0.29, 0.717) is 12.4 Å². The van der Waals surface area contributed by atoms with Gasteiger partial charge in [0.05, 0.1) is 12.6 Å². The van der Waals surface area contributed by atoms with Gasteiger partial charge in [0.25, 0.3) is 0 Å². The van der Waals surface area contributed by atoms with Gasteiger partial charge < -0.3 is 16.2 Å². The van der Waals surface area contributed by atoms with Crippen molar-refractivity contribution in [2.24, 2.45) is 5.73 Å². The summed E-state index contributed by atoms with van der Waals surface area (Å²) in [5.74, 6) is 1.35. The lowest BCUT2D eigenvalue weighted by atomic mass is 9.99. The molecule has 2 aromatic carbocycles. The molecule has 0 spiro atoms. The molecule has 0 aliphatic carbocycles. The number of fused-ring (bicyclic) bond motifs is 1. The predicted molar refractivity (Wildman–Crippen MR) is 90.8 cm³/mol. The topological polar surface area (TPSA) is 74.2 Å². The maximum absolute atomic E-state index is 5.85. The molecule has 0 radical (unpaired) electrons. The van der Waals surface area contributed by atoms with Crippen LogP contribution in [0.2, 0.25) is 0 Å². The highest BCUT2D eigenvalue weighted by Crippen LogP contribution is 2.29. The van der Waals surface area contributed by atoms with E-state index in [0.717, 1.165) is 38.9 Å². The minimum atomic E-state index is 0.439. The second-order valence-corrected chi connectivity index (χ2v) is 5.33.